The van der Waals surface area contributed by atoms with Crippen molar-refractivity contribution >= 4 is 16.9 Å². The van der Waals surface area contributed by atoms with Crippen molar-refractivity contribution in [1.29, 1.82) is 0 Å². The maximum atomic E-state index is 13.2. The number of nitrogens with one attached hydrogen (secondary N) is 1. The van der Waals surface area contributed by atoms with Crippen molar-refractivity contribution in [3.8, 4) is 5.75 Å². The maximum absolute atomic E-state index is 13.2. The quantitative estimate of drug-likeness (QED) is 0.687. The molecule has 2 fully saturated rings. The van der Waals surface area contributed by atoms with Crippen LogP contribution < -0.4 is 10.1 Å². The van der Waals surface area contributed by atoms with E-state index >= 15 is 0 Å². The summed E-state index contributed by atoms with van der Waals surface area (Å²) in [5.74, 6) is 1.31. The molecule has 2 aliphatic heterocycles. The van der Waals surface area contributed by atoms with Crippen molar-refractivity contribution in [3.63, 3.8) is 0 Å². The van der Waals surface area contributed by atoms with E-state index in [1.807, 2.05) is 55.5 Å². The van der Waals surface area contributed by atoms with Crippen LogP contribution >= 0.6 is 0 Å². The number of carbonyl (C=O) groups is 1. The predicted molar refractivity (Wildman–Crippen MR) is 120 cm³/mol. The van der Waals surface area contributed by atoms with Gasteiger partial charge in [-0.3, -0.25) is 9.69 Å². The lowest BCUT2D eigenvalue weighted by molar-refractivity contribution is 0.0936. The first-order valence-corrected chi connectivity index (χ1v) is 11.0. The summed E-state index contributed by atoms with van der Waals surface area (Å²) in [4.78, 5) is 18.1. The summed E-state index contributed by atoms with van der Waals surface area (Å²) in [5.41, 5.74) is 2.43. The number of rotatable bonds is 5. The van der Waals surface area contributed by atoms with Gasteiger partial charge in [-0.05, 0) is 44.2 Å². The molecule has 6 heteroatoms. The van der Waals surface area contributed by atoms with E-state index in [2.05, 4.69) is 22.2 Å². The lowest BCUT2D eigenvalue weighted by atomic mass is 10.1. The molecule has 2 aromatic carbocycles. The van der Waals surface area contributed by atoms with E-state index in [4.69, 9.17) is 9.15 Å². The molecule has 0 aliphatic carbocycles. The van der Waals surface area contributed by atoms with Crippen molar-refractivity contribution in [2.45, 2.75) is 32.0 Å². The minimum absolute atomic E-state index is 0.0605. The number of furan rings is 1. The van der Waals surface area contributed by atoms with Crippen LogP contribution in [0, 0.1) is 6.92 Å². The van der Waals surface area contributed by atoms with Gasteiger partial charge < -0.3 is 19.4 Å². The Morgan fingerprint density at radius 2 is 2.00 bits per heavy atom. The van der Waals surface area contributed by atoms with E-state index in [1.165, 1.54) is 0 Å². The number of aryl methyl sites for hydroxylation is 1. The Kier molecular flexibility index (Phi) is 5.42. The molecule has 6 nitrogen and oxygen atoms in total. The third kappa shape index (κ3) is 4.18. The first-order valence-electron chi connectivity index (χ1n) is 11.0. The first-order chi connectivity index (χ1) is 15.1. The lowest BCUT2D eigenvalue weighted by Gasteiger charge is -2.34. The Morgan fingerprint density at radius 1 is 1.16 bits per heavy atom. The van der Waals surface area contributed by atoms with E-state index in [-0.39, 0.29) is 11.9 Å². The van der Waals surface area contributed by atoms with Crippen molar-refractivity contribution in [2.24, 2.45) is 0 Å². The van der Waals surface area contributed by atoms with Gasteiger partial charge in [0.1, 0.15) is 23.7 Å². The second-order valence-corrected chi connectivity index (χ2v) is 8.78. The average molecular weight is 420 g/mol. The Hall–Kier alpha value is -2.83. The summed E-state index contributed by atoms with van der Waals surface area (Å²) in [5, 5.41) is 4.06. The molecule has 2 atom stereocenters. The molecule has 1 amide bonds. The number of piperazine rings is 1. The van der Waals surface area contributed by atoms with Gasteiger partial charge in [-0.1, -0.05) is 30.3 Å². The fourth-order valence-corrected chi connectivity index (χ4v) is 4.87. The number of benzene rings is 2. The van der Waals surface area contributed by atoms with Crippen molar-refractivity contribution in [3.05, 3.63) is 65.4 Å². The van der Waals surface area contributed by atoms with Crippen LogP contribution in [0.5, 0.6) is 5.75 Å². The summed E-state index contributed by atoms with van der Waals surface area (Å²) in [6.07, 6.45) is 0.996. The Bertz CT molecular complexity index is 1080. The summed E-state index contributed by atoms with van der Waals surface area (Å²) >= 11 is 0. The topological polar surface area (TPSA) is 58.0 Å². The molecule has 162 valence electrons. The largest absolute Gasteiger partial charge is 0.489 e. The van der Waals surface area contributed by atoms with Gasteiger partial charge in [0.15, 0.2) is 0 Å². The highest BCUT2D eigenvalue weighted by Gasteiger charge is 2.36. The van der Waals surface area contributed by atoms with Crippen molar-refractivity contribution in [2.75, 3.05) is 33.2 Å². The van der Waals surface area contributed by atoms with Crippen LogP contribution in [-0.2, 0) is 6.61 Å². The molecule has 0 spiro atoms. The molecule has 0 saturated carbocycles. The summed E-state index contributed by atoms with van der Waals surface area (Å²) < 4.78 is 11.8. The number of hydrogen-bond donors (Lipinski definition) is 1. The summed E-state index contributed by atoms with van der Waals surface area (Å²) in [6, 6.07) is 16.4. The van der Waals surface area contributed by atoms with Crippen molar-refractivity contribution < 1.29 is 13.9 Å². The average Bonchev–Trinajstić information content (AvgIpc) is 3.31. The van der Waals surface area contributed by atoms with E-state index in [0.29, 0.717) is 29.6 Å². The van der Waals surface area contributed by atoms with Crippen LogP contribution in [0.2, 0.25) is 0 Å². The standard InChI is InChI=1S/C25H29N3O3/c1-17-24(25(29)26-19-12-20-15-27(2)10-11-28(20)14-19)22-13-21(8-9-23(22)31-17)30-16-18-6-4-3-5-7-18/h3-9,13,19-20H,10-12,14-16H2,1-2H3,(H,26,29)/t19-,20-/m0/s1. The Balaban J connectivity index is 1.31. The number of likely N-dealkylation sites (N-methyl/N-ethyl adjacent to an activating group) is 1. The molecular weight excluding hydrogens is 390 g/mol. The van der Waals surface area contributed by atoms with E-state index < -0.39 is 0 Å². The van der Waals surface area contributed by atoms with Gasteiger partial charge in [-0.2, -0.15) is 0 Å². The molecule has 0 radical (unpaired) electrons. The fourth-order valence-electron chi connectivity index (χ4n) is 4.87. The third-order valence-electron chi connectivity index (χ3n) is 6.47. The zero-order valence-electron chi connectivity index (χ0n) is 18.1. The summed E-state index contributed by atoms with van der Waals surface area (Å²) in [7, 11) is 2.17. The minimum Gasteiger partial charge on any atom is -0.489 e. The monoisotopic (exact) mass is 419 g/mol. The Labute approximate surface area is 182 Å². The van der Waals surface area contributed by atoms with Gasteiger partial charge in [-0.25, -0.2) is 0 Å². The summed E-state index contributed by atoms with van der Waals surface area (Å²) in [6.45, 7) is 6.50. The SMILES string of the molecule is Cc1oc2ccc(OCc3ccccc3)cc2c1C(=O)N[C@H]1C[C@H]2CN(C)CCN2C1. The molecule has 0 unspecified atom stereocenters. The number of amides is 1. The molecule has 31 heavy (non-hydrogen) atoms. The lowest BCUT2D eigenvalue weighted by Crippen LogP contribution is -2.48. The molecule has 1 N–H and O–H groups in total. The smallest absolute Gasteiger partial charge is 0.255 e. The predicted octanol–water partition coefficient (Wildman–Crippen LogP) is 3.44. The van der Waals surface area contributed by atoms with E-state index in [1.54, 1.807) is 0 Å². The van der Waals surface area contributed by atoms with E-state index in [9.17, 15) is 4.79 Å². The molecule has 1 aromatic heterocycles. The van der Waals surface area contributed by atoms with Gasteiger partial charge in [0.25, 0.3) is 5.91 Å². The molecule has 0 bridgehead atoms. The number of ether oxygens (including phenoxy) is 1. The van der Waals surface area contributed by atoms with Gasteiger partial charge in [0.05, 0.1) is 5.56 Å². The molecular formula is C25H29N3O3. The maximum Gasteiger partial charge on any atom is 0.255 e. The zero-order chi connectivity index (χ0) is 21.4. The third-order valence-corrected chi connectivity index (χ3v) is 6.47. The van der Waals surface area contributed by atoms with Gasteiger partial charge in [-0.15, -0.1) is 0 Å². The number of carbonyl (C=O) groups excluding carboxylic acids is 1. The highest BCUT2D eigenvalue weighted by Crippen LogP contribution is 2.30. The van der Waals surface area contributed by atoms with Crippen LogP contribution in [0.1, 0.15) is 28.1 Å². The normalized spacial score (nSPS) is 21.9. The van der Waals surface area contributed by atoms with Gasteiger partial charge in [0.2, 0.25) is 0 Å². The molecule has 3 heterocycles. The highest BCUT2D eigenvalue weighted by atomic mass is 16.5. The second-order valence-electron chi connectivity index (χ2n) is 8.78. The van der Waals surface area contributed by atoms with Crippen LogP contribution in [0.4, 0.5) is 0 Å². The molecule has 2 saturated heterocycles. The van der Waals surface area contributed by atoms with Crippen LogP contribution in [0.15, 0.2) is 52.9 Å². The van der Waals surface area contributed by atoms with E-state index in [0.717, 1.165) is 49.3 Å². The number of fused-ring (bicyclic) bond motifs is 2. The highest BCUT2D eigenvalue weighted by molar-refractivity contribution is 6.07. The molecule has 5 rings (SSSR count). The number of hydrogen-bond acceptors (Lipinski definition) is 5. The Morgan fingerprint density at radius 3 is 2.84 bits per heavy atom. The van der Waals surface area contributed by atoms with Crippen LogP contribution in [0.3, 0.4) is 0 Å². The molecule has 3 aromatic rings. The zero-order valence-corrected chi connectivity index (χ0v) is 18.1. The fraction of sp³-hybridized carbons (Fsp3) is 0.400. The number of nitrogens with zero attached hydrogens (tertiary/aromatic N) is 2. The second kappa shape index (κ2) is 8.36. The van der Waals surface area contributed by atoms with Crippen molar-refractivity contribution in [1.82, 2.24) is 15.1 Å². The minimum atomic E-state index is -0.0605. The first kappa shape index (κ1) is 20.1. The van der Waals surface area contributed by atoms with Crippen LogP contribution in [0.25, 0.3) is 11.0 Å². The van der Waals surface area contributed by atoms with Gasteiger partial charge >= 0.3 is 0 Å². The van der Waals surface area contributed by atoms with Crippen LogP contribution in [-0.4, -0.2) is 61.0 Å². The molecule has 2 aliphatic rings. The van der Waals surface area contributed by atoms with Gasteiger partial charge in [0, 0.05) is 43.6 Å².